The van der Waals surface area contributed by atoms with Gasteiger partial charge in [0.1, 0.15) is 18.8 Å². The Morgan fingerprint density at radius 1 is 0.879 bits per heavy atom. The number of nitrogens with zero attached hydrogens (tertiary/aromatic N) is 1. The number of carbonyl (C=O) groups is 3. The van der Waals surface area contributed by atoms with Crippen LogP contribution in [0.5, 0.6) is 0 Å². The van der Waals surface area contributed by atoms with Gasteiger partial charge in [-0.25, -0.2) is 14.4 Å². The van der Waals surface area contributed by atoms with E-state index in [1.165, 1.54) is 4.90 Å². The van der Waals surface area contributed by atoms with Crippen LogP contribution in [0.1, 0.15) is 38.3 Å². The van der Waals surface area contributed by atoms with Gasteiger partial charge in [-0.1, -0.05) is 66.7 Å². The molecule has 2 aromatic carbocycles. The molecule has 0 saturated carbocycles. The summed E-state index contributed by atoms with van der Waals surface area (Å²) in [7, 11) is 0. The number of hydrogen-bond donors (Lipinski definition) is 0. The summed E-state index contributed by atoms with van der Waals surface area (Å²) in [5.41, 5.74) is 0.925. The van der Waals surface area contributed by atoms with Gasteiger partial charge in [0.05, 0.1) is 5.57 Å². The lowest BCUT2D eigenvalue weighted by atomic mass is 9.99. The third kappa shape index (κ3) is 6.94. The van der Waals surface area contributed by atoms with Crippen LogP contribution in [-0.4, -0.2) is 41.1 Å². The lowest BCUT2D eigenvalue weighted by Gasteiger charge is -2.34. The van der Waals surface area contributed by atoms with E-state index < -0.39 is 29.7 Å². The molecule has 0 radical (unpaired) electrons. The fourth-order valence-electron chi connectivity index (χ4n) is 3.36. The lowest BCUT2D eigenvalue weighted by Crippen LogP contribution is -2.51. The van der Waals surface area contributed by atoms with Gasteiger partial charge in [-0.05, 0) is 38.3 Å². The van der Waals surface area contributed by atoms with Crippen molar-refractivity contribution >= 4 is 18.0 Å². The minimum Gasteiger partial charge on any atom is -0.459 e. The molecule has 0 spiro atoms. The van der Waals surface area contributed by atoms with Crippen LogP contribution in [0.4, 0.5) is 4.79 Å². The Morgan fingerprint density at radius 3 is 1.97 bits per heavy atom. The number of esters is 2. The molecule has 0 bridgehead atoms. The molecular weight excluding hydrogens is 422 g/mol. The van der Waals surface area contributed by atoms with Crippen molar-refractivity contribution in [3.63, 3.8) is 0 Å². The van der Waals surface area contributed by atoms with Crippen LogP contribution in [0.25, 0.3) is 0 Å². The monoisotopic (exact) mass is 451 g/mol. The Labute approximate surface area is 193 Å². The quantitative estimate of drug-likeness (QED) is 0.478. The fraction of sp³-hybridized carbons (Fsp3) is 0.346. The predicted molar refractivity (Wildman–Crippen MR) is 122 cm³/mol. The van der Waals surface area contributed by atoms with Gasteiger partial charge in [0.15, 0.2) is 6.04 Å². The molecule has 33 heavy (non-hydrogen) atoms. The standard InChI is InChI=1S/C26H29NO6/c1-26(2,3)33-23(28)21-15-10-16-27(25(30)32-18-20-13-8-5-9-14-20)22(21)24(29)31-17-19-11-6-4-7-12-19/h4-9,11-15,22H,10,16-18H2,1-3H3. The van der Waals surface area contributed by atoms with E-state index in [2.05, 4.69) is 0 Å². The van der Waals surface area contributed by atoms with Crippen LogP contribution in [0.15, 0.2) is 72.3 Å². The van der Waals surface area contributed by atoms with Gasteiger partial charge in [0, 0.05) is 6.54 Å². The molecule has 1 unspecified atom stereocenters. The first-order valence-electron chi connectivity index (χ1n) is 10.9. The maximum Gasteiger partial charge on any atom is 0.411 e. The average molecular weight is 452 g/mol. The fourth-order valence-corrected chi connectivity index (χ4v) is 3.36. The van der Waals surface area contributed by atoms with E-state index in [0.717, 1.165) is 11.1 Å². The lowest BCUT2D eigenvalue weighted by molar-refractivity contribution is -0.157. The molecule has 0 aliphatic carbocycles. The number of ether oxygens (including phenoxy) is 3. The first kappa shape index (κ1) is 24.0. The van der Waals surface area contributed by atoms with E-state index in [0.29, 0.717) is 6.42 Å². The highest BCUT2D eigenvalue weighted by Gasteiger charge is 2.41. The molecule has 7 nitrogen and oxygen atoms in total. The van der Waals surface area contributed by atoms with Crippen molar-refractivity contribution in [2.24, 2.45) is 0 Å². The van der Waals surface area contributed by atoms with Gasteiger partial charge in [-0.2, -0.15) is 0 Å². The molecule has 174 valence electrons. The largest absolute Gasteiger partial charge is 0.459 e. The summed E-state index contributed by atoms with van der Waals surface area (Å²) < 4.78 is 16.4. The Bertz CT molecular complexity index is 994. The normalized spacial score (nSPS) is 15.9. The Morgan fingerprint density at radius 2 is 1.42 bits per heavy atom. The van der Waals surface area contributed by atoms with Gasteiger partial charge in [0.2, 0.25) is 0 Å². The minimum atomic E-state index is -1.25. The van der Waals surface area contributed by atoms with Gasteiger partial charge < -0.3 is 14.2 Å². The minimum absolute atomic E-state index is 0.0185. The summed E-state index contributed by atoms with van der Waals surface area (Å²) in [6.07, 6.45) is 1.32. The van der Waals surface area contributed by atoms with Crippen molar-refractivity contribution in [2.45, 2.75) is 52.0 Å². The zero-order valence-corrected chi connectivity index (χ0v) is 19.2. The van der Waals surface area contributed by atoms with E-state index >= 15 is 0 Å². The summed E-state index contributed by atoms with van der Waals surface area (Å²) in [6, 6.07) is 17.2. The molecule has 2 aromatic rings. The van der Waals surface area contributed by atoms with Crippen LogP contribution in [0.3, 0.4) is 0 Å². The van der Waals surface area contributed by atoms with Crippen LogP contribution < -0.4 is 0 Å². The highest BCUT2D eigenvalue weighted by molar-refractivity contribution is 5.99. The van der Waals surface area contributed by atoms with E-state index in [9.17, 15) is 14.4 Å². The SMILES string of the molecule is CC(C)(C)OC(=O)C1=CCCN(C(=O)OCc2ccccc2)C1C(=O)OCc1ccccc1. The summed E-state index contributed by atoms with van der Waals surface area (Å²) in [6.45, 7) is 5.50. The third-order valence-corrected chi connectivity index (χ3v) is 4.86. The molecule has 1 aliphatic heterocycles. The molecule has 1 amide bonds. The Hall–Kier alpha value is -3.61. The van der Waals surface area contributed by atoms with Crippen LogP contribution in [-0.2, 0) is 37.0 Å². The molecule has 1 heterocycles. The second kappa shape index (κ2) is 10.8. The maximum absolute atomic E-state index is 13.1. The van der Waals surface area contributed by atoms with Crippen molar-refractivity contribution in [1.29, 1.82) is 0 Å². The summed E-state index contributed by atoms with van der Waals surface area (Å²) in [4.78, 5) is 40.2. The second-order valence-corrected chi connectivity index (χ2v) is 8.68. The number of amides is 1. The summed E-state index contributed by atoms with van der Waals surface area (Å²) in [5.74, 6) is -1.38. The van der Waals surface area contributed by atoms with Gasteiger partial charge >= 0.3 is 18.0 Å². The summed E-state index contributed by atoms with van der Waals surface area (Å²) >= 11 is 0. The van der Waals surface area contributed by atoms with E-state index in [1.54, 1.807) is 26.8 Å². The van der Waals surface area contributed by atoms with Crippen LogP contribution in [0, 0.1) is 0 Å². The first-order valence-corrected chi connectivity index (χ1v) is 10.9. The maximum atomic E-state index is 13.1. The highest BCUT2D eigenvalue weighted by atomic mass is 16.6. The van der Waals surface area contributed by atoms with Gasteiger partial charge in [-0.3, -0.25) is 4.90 Å². The second-order valence-electron chi connectivity index (χ2n) is 8.68. The van der Waals surface area contributed by atoms with Crippen molar-refractivity contribution < 1.29 is 28.6 Å². The van der Waals surface area contributed by atoms with Crippen LogP contribution in [0.2, 0.25) is 0 Å². The molecule has 7 heteroatoms. The number of benzene rings is 2. The van der Waals surface area contributed by atoms with E-state index in [4.69, 9.17) is 14.2 Å². The Kier molecular flexibility index (Phi) is 7.87. The number of hydrogen-bond acceptors (Lipinski definition) is 6. The smallest absolute Gasteiger partial charge is 0.411 e. The van der Waals surface area contributed by atoms with Crippen LogP contribution >= 0.6 is 0 Å². The average Bonchev–Trinajstić information content (AvgIpc) is 2.80. The summed E-state index contributed by atoms with van der Waals surface area (Å²) in [5, 5.41) is 0. The molecular formula is C26H29NO6. The van der Waals surface area contributed by atoms with E-state index in [-0.39, 0.29) is 25.3 Å². The van der Waals surface area contributed by atoms with Crippen molar-refractivity contribution in [2.75, 3.05) is 6.54 Å². The molecule has 0 saturated heterocycles. The van der Waals surface area contributed by atoms with Gasteiger partial charge in [0.25, 0.3) is 0 Å². The number of rotatable bonds is 6. The van der Waals surface area contributed by atoms with Gasteiger partial charge in [-0.15, -0.1) is 0 Å². The molecule has 0 N–H and O–H groups in total. The molecule has 1 aliphatic rings. The first-order chi connectivity index (χ1) is 15.7. The zero-order valence-electron chi connectivity index (χ0n) is 19.2. The topological polar surface area (TPSA) is 82.1 Å². The molecule has 0 aromatic heterocycles. The Balaban J connectivity index is 1.78. The van der Waals surface area contributed by atoms with Crippen molar-refractivity contribution in [1.82, 2.24) is 4.90 Å². The molecule has 3 rings (SSSR count). The van der Waals surface area contributed by atoms with Crippen molar-refractivity contribution in [3.8, 4) is 0 Å². The molecule has 0 fully saturated rings. The zero-order chi connectivity index (χ0) is 23.8. The third-order valence-electron chi connectivity index (χ3n) is 4.86. The number of carbonyl (C=O) groups excluding carboxylic acids is 3. The predicted octanol–water partition coefficient (Wildman–Crippen LogP) is 4.41. The van der Waals surface area contributed by atoms with Crippen molar-refractivity contribution in [3.05, 3.63) is 83.4 Å². The molecule has 1 atom stereocenters. The highest BCUT2D eigenvalue weighted by Crippen LogP contribution is 2.24. The van der Waals surface area contributed by atoms with E-state index in [1.807, 2.05) is 60.7 Å².